The van der Waals surface area contributed by atoms with Crippen LogP contribution in [0.25, 0.3) is 0 Å². The summed E-state index contributed by atoms with van der Waals surface area (Å²) in [5.74, 6) is -0.713. The van der Waals surface area contributed by atoms with Crippen LogP contribution in [0.15, 0.2) is 24.3 Å². The summed E-state index contributed by atoms with van der Waals surface area (Å²) in [5, 5.41) is 0. The van der Waals surface area contributed by atoms with Crippen LogP contribution in [0.1, 0.15) is 174 Å². The molecule has 11 heteroatoms. The molecule has 0 aromatic rings. The van der Waals surface area contributed by atoms with Crippen LogP contribution in [0.3, 0.4) is 0 Å². The summed E-state index contributed by atoms with van der Waals surface area (Å²) in [6.07, 6.45) is 31.8. The Morgan fingerprint density at radius 1 is 0.640 bits per heavy atom. The van der Waals surface area contributed by atoms with E-state index in [2.05, 4.69) is 19.9 Å². The molecule has 50 heavy (non-hydrogen) atoms. The molecule has 0 aromatic heterocycles. The molecule has 0 saturated carbocycles. The molecule has 292 valence electrons. The van der Waals surface area contributed by atoms with Crippen LogP contribution in [0, 0.1) is 0 Å². The highest BCUT2D eigenvalue weighted by atomic mass is 31.2. The van der Waals surface area contributed by atoms with E-state index in [0.29, 0.717) is 12.8 Å². The standard InChI is InChI=1S/C39H72NO9P/c1-3-5-7-8-9-10-11-12-13-16-19-22-26-30-38(42)46-34-37(35-48-50(44,45)47-33-32-40)49-39(43)31-27-23-20-17-14-15-18-21-25-29-36(41)28-24-6-4-2/h18,21,25,29,37H,3-17,19-20,22-24,26-28,30-35,40H2,1-2H3,(H,44,45)/b21-18-,29-25+/t37-/m1/s1. The maximum atomic E-state index is 12.5. The van der Waals surface area contributed by atoms with Gasteiger partial charge in [0.15, 0.2) is 11.9 Å². The number of hydrogen-bond acceptors (Lipinski definition) is 9. The summed E-state index contributed by atoms with van der Waals surface area (Å²) in [6, 6.07) is 0. The Hall–Kier alpha value is -1.84. The predicted molar refractivity (Wildman–Crippen MR) is 202 cm³/mol. The SMILES string of the molecule is CCCCCCCCCCCCCCCC(=O)OC[C@H](COP(=O)(O)OCCN)OC(=O)CCCCCCC/C=C\C=C\C(=O)CCCCC. The van der Waals surface area contributed by atoms with E-state index in [1.807, 2.05) is 12.2 Å². The van der Waals surface area contributed by atoms with Crippen molar-refractivity contribution in [1.82, 2.24) is 0 Å². The number of carbonyl (C=O) groups is 3. The summed E-state index contributed by atoms with van der Waals surface area (Å²) < 4.78 is 32.6. The summed E-state index contributed by atoms with van der Waals surface area (Å²) in [7, 11) is -4.39. The lowest BCUT2D eigenvalue weighted by molar-refractivity contribution is -0.161. The third kappa shape index (κ3) is 34.6. The zero-order valence-electron chi connectivity index (χ0n) is 31.6. The summed E-state index contributed by atoms with van der Waals surface area (Å²) in [6.45, 7) is 3.52. The normalized spacial score (nSPS) is 13.5. The van der Waals surface area contributed by atoms with Crippen molar-refractivity contribution in [2.45, 2.75) is 180 Å². The number of nitrogens with two attached hydrogens (primary N) is 1. The van der Waals surface area contributed by atoms with Crippen molar-refractivity contribution in [1.29, 1.82) is 0 Å². The minimum Gasteiger partial charge on any atom is -0.462 e. The van der Waals surface area contributed by atoms with Crippen LogP contribution in [0.4, 0.5) is 0 Å². The number of allylic oxidation sites excluding steroid dienone is 4. The van der Waals surface area contributed by atoms with Crippen LogP contribution in [-0.4, -0.2) is 55.1 Å². The maximum absolute atomic E-state index is 12.5. The average molecular weight is 730 g/mol. The molecule has 3 N–H and O–H groups in total. The topological polar surface area (TPSA) is 151 Å². The van der Waals surface area contributed by atoms with Crippen LogP contribution in [-0.2, 0) is 37.5 Å². The first kappa shape index (κ1) is 48.2. The monoisotopic (exact) mass is 729 g/mol. The first-order chi connectivity index (χ1) is 24.2. The zero-order chi connectivity index (χ0) is 37.0. The van der Waals surface area contributed by atoms with Crippen molar-refractivity contribution < 1.29 is 42.4 Å². The number of esters is 2. The molecule has 0 heterocycles. The average Bonchev–Trinajstić information content (AvgIpc) is 3.09. The third-order valence-corrected chi connectivity index (χ3v) is 9.30. The van der Waals surface area contributed by atoms with Crippen LogP contribution in [0.5, 0.6) is 0 Å². The van der Waals surface area contributed by atoms with Gasteiger partial charge in [0.25, 0.3) is 0 Å². The lowest BCUT2D eigenvalue weighted by atomic mass is 10.0. The molecular formula is C39H72NO9P. The summed E-state index contributed by atoms with van der Waals surface area (Å²) in [4.78, 5) is 46.4. The van der Waals surface area contributed by atoms with Crippen LogP contribution in [0.2, 0.25) is 0 Å². The van der Waals surface area contributed by atoms with Gasteiger partial charge in [-0.2, -0.15) is 0 Å². The number of rotatable bonds is 37. The lowest BCUT2D eigenvalue weighted by Crippen LogP contribution is -2.29. The number of phosphoric acid groups is 1. The molecule has 10 nitrogen and oxygen atoms in total. The molecule has 2 atom stereocenters. The van der Waals surface area contributed by atoms with E-state index >= 15 is 0 Å². The Bertz CT molecular complexity index is 941. The minimum absolute atomic E-state index is 0.0403. The van der Waals surface area contributed by atoms with Gasteiger partial charge in [-0.1, -0.05) is 141 Å². The van der Waals surface area contributed by atoms with E-state index in [9.17, 15) is 23.8 Å². The second-order valence-electron chi connectivity index (χ2n) is 13.2. The number of hydrogen-bond donors (Lipinski definition) is 2. The van der Waals surface area contributed by atoms with Crippen molar-refractivity contribution in [2.75, 3.05) is 26.4 Å². The molecule has 0 fully saturated rings. The Labute approximate surface area is 304 Å². The van der Waals surface area contributed by atoms with Crippen molar-refractivity contribution >= 4 is 25.5 Å². The second kappa shape index (κ2) is 35.6. The number of unbranched alkanes of at least 4 members (excludes halogenated alkanes) is 19. The minimum atomic E-state index is -4.39. The molecule has 0 aromatic carbocycles. The van der Waals surface area contributed by atoms with E-state index in [1.165, 1.54) is 64.2 Å². The molecule has 0 rings (SSSR count). The van der Waals surface area contributed by atoms with Crippen LogP contribution < -0.4 is 5.73 Å². The van der Waals surface area contributed by atoms with Gasteiger partial charge in [-0.05, 0) is 38.2 Å². The quantitative estimate of drug-likeness (QED) is 0.0208. The Balaban J connectivity index is 4.27. The molecule has 0 spiro atoms. The largest absolute Gasteiger partial charge is 0.472 e. The number of phosphoric ester groups is 1. The van der Waals surface area contributed by atoms with Crippen molar-refractivity contribution in [3.63, 3.8) is 0 Å². The molecule has 1 unspecified atom stereocenters. The molecule has 0 saturated heterocycles. The fourth-order valence-electron chi connectivity index (χ4n) is 5.32. The van der Waals surface area contributed by atoms with E-state index in [4.69, 9.17) is 24.3 Å². The first-order valence-corrected chi connectivity index (χ1v) is 21.3. The third-order valence-electron chi connectivity index (χ3n) is 8.32. The van der Waals surface area contributed by atoms with Crippen LogP contribution >= 0.6 is 7.82 Å². The molecule has 0 aliphatic rings. The highest BCUT2D eigenvalue weighted by Crippen LogP contribution is 2.43. The molecule has 0 aliphatic carbocycles. The molecule has 0 aliphatic heterocycles. The summed E-state index contributed by atoms with van der Waals surface area (Å²) in [5.41, 5.74) is 5.33. The van der Waals surface area contributed by atoms with Gasteiger partial charge >= 0.3 is 19.8 Å². The molecule has 0 radical (unpaired) electrons. The Morgan fingerprint density at radius 3 is 1.72 bits per heavy atom. The van der Waals surface area contributed by atoms with E-state index in [1.54, 1.807) is 6.08 Å². The van der Waals surface area contributed by atoms with Crippen molar-refractivity contribution in [2.24, 2.45) is 5.73 Å². The second-order valence-corrected chi connectivity index (χ2v) is 14.6. The highest BCUT2D eigenvalue weighted by Gasteiger charge is 2.26. The van der Waals surface area contributed by atoms with Gasteiger partial charge in [0, 0.05) is 25.8 Å². The van der Waals surface area contributed by atoms with Gasteiger partial charge in [0.05, 0.1) is 13.2 Å². The Kier molecular flexibility index (Phi) is 34.2. The zero-order valence-corrected chi connectivity index (χ0v) is 32.5. The number of ketones is 1. The highest BCUT2D eigenvalue weighted by molar-refractivity contribution is 7.47. The van der Waals surface area contributed by atoms with E-state index < -0.39 is 32.5 Å². The number of carbonyl (C=O) groups excluding carboxylic acids is 3. The van der Waals surface area contributed by atoms with E-state index in [0.717, 1.165) is 70.6 Å². The molecule has 0 amide bonds. The fourth-order valence-corrected chi connectivity index (χ4v) is 6.09. The van der Waals surface area contributed by atoms with Gasteiger partial charge < -0.3 is 20.1 Å². The Morgan fingerprint density at radius 2 is 1.14 bits per heavy atom. The predicted octanol–water partition coefficient (Wildman–Crippen LogP) is 10.0. The van der Waals surface area contributed by atoms with Gasteiger partial charge in [-0.3, -0.25) is 23.4 Å². The lowest BCUT2D eigenvalue weighted by Gasteiger charge is -2.19. The number of ether oxygens (including phenoxy) is 2. The first-order valence-electron chi connectivity index (χ1n) is 19.8. The van der Waals surface area contributed by atoms with Crippen molar-refractivity contribution in [3.8, 4) is 0 Å². The maximum Gasteiger partial charge on any atom is 0.472 e. The smallest absolute Gasteiger partial charge is 0.462 e. The summed E-state index contributed by atoms with van der Waals surface area (Å²) >= 11 is 0. The molecule has 0 bridgehead atoms. The fraction of sp³-hybridized carbons (Fsp3) is 0.821. The molecular weight excluding hydrogens is 657 g/mol. The van der Waals surface area contributed by atoms with Gasteiger partial charge in [0.2, 0.25) is 0 Å². The van der Waals surface area contributed by atoms with Gasteiger partial charge in [-0.25, -0.2) is 4.57 Å². The van der Waals surface area contributed by atoms with Gasteiger partial charge in [0.1, 0.15) is 6.61 Å². The van der Waals surface area contributed by atoms with E-state index in [-0.39, 0.29) is 38.4 Å². The van der Waals surface area contributed by atoms with Gasteiger partial charge in [-0.15, -0.1) is 0 Å². The van der Waals surface area contributed by atoms with Crippen molar-refractivity contribution in [3.05, 3.63) is 24.3 Å².